The van der Waals surface area contributed by atoms with E-state index in [1.54, 1.807) is 0 Å². The molecule has 0 saturated carbocycles. The van der Waals surface area contributed by atoms with E-state index in [0.29, 0.717) is 5.54 Å². The van der Waals surface area contributed by atoms with E-state index in [0.717, 1.165) is 0 Å². The molecule has 0 aliphatic heterocycles. The van der Waals surface area contributed by atoms with Crippen molar-refractivity contribution >= 4 is 22.6 Å². The highest BCUT2D eigenvalue weighted by Gasteiger charge is 2.19. The molecular formula is C8H18IN. The first-order valence-corrected chi connectivity index (χ1v) is 5.34. The monoisotopic (exact) mass is 255 g/mol. The minimum Gasteiger partial charge on any atom is -0.300 e. The molecule has 0 aliphatic carbocycles. The van der Waals surface area contributed by atoms with Crippen LogP contribution in [0.15, 0.2) is 0 Å². The molecular weight excluding hydrogens is 237 g/mol. The van der Waals surface area contributed by atoms with Crippen LogP contribution in [0.2, 0.25) is 0 Å². The third kappa shape index (κ3) is 3.19. The highest BCUT2D eigenvalue weighted by atomic mass is 127. The van der Waals surface area contributed by atoms with Gasteiger partial charge in [0.05, 0.1) is 0 Å². The lowest BCUT2D eigenvalue weighted by molar-refractivity contribution is 0.162. The van der Waals surface area contributed by atoms with Crippen molar-refractivity contribution in [3.05, 3.63) is 0 Å². The van der Waals surface area contributed by atoms with E-state index in [2.05, 4.69) is 55.3 Å². The minimum absolute atomic E-state index is 0.380. The summed E-state index contributed by atoms with van der Waals surface area (Å²) in [7, 11) is 2.20. The first-order chi connectivity index (χ1) is 4.54. The number of hydrogen-bond acceptors (Lipinski definition) is 1. The number of alkyl halides is 1. The van der Waals surface area contributed by atoms with Gasteiger partial charge in [0.1, 0.15) is 0 Å². The Labute approximate surface area is 78.3 Å². The van der Waals surface area contributed by atoms with Crippen molar-refractivity contribution in [2.24, 2.45) is 0 Å². The van der Waals surface area contributed by atoms with E-state index < -0.39 is 0 Å². The number of nitrogens with zero attached hydrogens (tertiary/aromatic N) is 1. The van der Waals surface area contributed by atoms with Crippen LogP contribution in [-0.2, 0) is 0 Å². The second-order valence-electron chi connectivity index (χ2n) is 3.28. The Kier molecular flexibility index (Phi) is 4.86. The smallest absolute Gasteiger partial charge is 0.0147 e. The molecule has 1 nitrogen and oxygen atoms in total. The van der Waals surface area contributed by atoms with Crippen molar-refractivity contribution in [3.63, 3.8) is 0 Å². The van der Waals surface area contributed by atoms with Crippen LogP contribution < -0.4 is 0 Å². The van der Waals surface area contributed by atoms with E-state index in [1.165, 1.54) is 17.4 Å². The molecule has 0 radical (unpaired) electrons. The fourth-order valence-corrected chi connectivity index (χ4v) is 1.42. The molecule has 0 heterocycles. The molecule has 0 aromatic carbocycles. The molecule has 0 rings (SSSR count). The zero-order valence-electron chi connectivity index (χ0n) is 7.45. The standard InChI is InChI=1S/C8H18IN/c1-5-8(2,3)10(4)7-6-9/h5-7H2,1-4H3. The van der Waals surface area contributed by atoms with Gasteiger partial charge in [-0.1, -0.05) is 29.5 Å². The molecule has 0 spiro atoms. The SMILES string of the molecule is CCC(C)(C)N(C)CCI. The van der Waals surface area contributed by atoms with Crippen molar-refractivity contribution in [3.8, 4) is 0 Å². The maximum absolute atomic E-state index is 2.42. The lowest BCUT2D eigenvalue weighted by Gasteiger charge is -2.34. The lowest BCUT2D eigenvalue weighted by atomic mass is 10.0. The molecule has 2 heteroatoms. The van der Waals surface area contributed by atoms with Crippen molar-refractivity contribution < 1.29 is 0 Å². The molecule has 0 saturated heterocycles. The molecule has 0 atom stereocenters. The molecule has 0 N–H and O–H groups in total. The fraction of sp³-hybridized carbons (Fsp3) is 1.00. The molecule has 62 valence electrons. The molecule has 0 fully saturated rings. The van der Waals surface area contributed by atoms with Gasteiger partial charge >= 0.3 is 0 Å². The Hall–Kier alpha value is 0.690. The third-order valence-electron chi connectivity index (χ3n) is 2.32. The van der Waals surface area contributed by atoms with Crippen LogP contribution in [0.4, 0.5) is 0 Å². The van der Waals surface area contributed by atoms with E-state index >= 15 is 0 Å². The Balaban J connectivity index is 3.78. The fourth-order valence-electron chi connectivity index (χ4n) is 0.699. The van der Waals surface area contributed by atoms with Crippen molar-refractivity contribution in [1.29, 1.82) is 0 Å². The van der Waals surface area contributed by atoms with E-state index in [1.807, 2.05) is 0 Å². The van der Waals surface area contributed by atoms with E-state index in [-0.39, 0.29) is 0 Å². The molecule has 0 aromatic heterocycles. The summed E-state index contributed by atoms with van der Waals surface area (Å²) in [5.41, 5.74) is 0.380. The van der Waals surface area contributed by atoms with Gasteiger partial charge < -0.3 is 4.90 Å². The van der Waals surface area contributed by atoms with Gasteiger partial charge in [-0.2, -0.15) is 0 Å². The maximum atomic E-state index is 2.42. The molecule has 10 heavy (non-hydrogen) atoms. The van der Waals surface area contributed by atoms with Crippen LogP contribution in [0.3, 0.4) is 0 Å². The predicted molar refractivity (Wildman–Crippen MR) is 55.9 cm³/mol. The van der Waals surface area contributed by atoms with Crippen molar-refractivity contribution in [2.75, 3.05) is 18.0 Å². The number of hydrogen-bond donors (Lipinski definition) is 0. The molecule has 0 unspecified atom stereocenters. The minimum atomic E-state index is 0.380. The third-order valence-corrected chi connectivity index (χ3v) is 2.80. The predicted octanol–water partition coefficient (Wildman–Crippen LogP) is 2.54. The van der Waals surface area contributed by atoms with Gasteiger partial charge in [0.25, 0.3) is 0 Å². The average Bonchev–Trinajstić information content (AvgIpc) is 1.89. The van der Waals surface area contributed by atoms with Crippen LogP contribution in [-0.4, -0.2) is 28.5 Å². The van der Waals surface area contributed by atoms with Crippen LogP contribution in [0.25, 0.3) is 0 Å². The Morgan fingerprint density at radius 1 is 1.40 bits per heavy atom. The summed E-state index contributed by atoms with van der Waals surface area (Å²) in [4.78, 5) is 2.42. The lowest BCUT2D eigenvalue weighted by Crippen LogP contribution is -2.41. The second-order valence-corrected chi connectivity index (χ2v) is 4.36. The first kappa shape index (κ1) is 10.7. The summed E-state index contributed by atoms with van der Waals surface area (Å²) in [6, 6.07) is 0. The largest absolute Gasteiger partial charge is 0.300 e. The van der Waals surface area contributed by atoms with Crippen LogP contribution in [0.1, 0.15) is 27.2 Å². The second kappa shape index (κ2) is 4.54. The Morgan fingerprint density at radius 3 is 2.20 bits per heavy atom. The summed E-state index contributed by atoms with van der Waals surface area (Å²) in [6.07, 6.45) is 1.22. The van der Waals surface area contributed by atoms with Gasteiger partial charge in [-0.15, -0.1) is 0 Å². The quantitative estimate of drug-likeness (QED) is 0.551. The number of halogens is 1. The van der Waals surface area contributed by atoms with Gasteiger partial charge in [0.2, 0.25) is 0 Å². The van der Waals surface area contributed by atoms with Gasteiger partial charge in [-0.25, -0.2) is 0 Å². The molecule has 0 bridgehead atoms. The summed E-state index contributed by atoms with van der Waals surface area (Å²) < 4.78 is 1.22. The van der Waals surface area contributed by atoms with Crippen LogP contribution in [0, 0.1) is 0 Å². The van der Waals surface area contributed by atoms with Crippen molar-refractivity contribution in [2.45, 2.75) is 32.7 Å². The van der Waals surface area contributed by atoms with Gasteiger partial charge in [0, 0.05) is 16.5 Å². The highest BCUT2D eigenvalue weighted by molar-refractivity contribution is 14.1. The summed E-state index contributed by atoms with van der Waals surface area (Å²) >= 11 is 2.42. The van der Waals surface area contributed by atoms with E-state index in [9.17, 15) is 0 Å². The van der Waals surface area contributed by atoms with Crippen molar-refractivity contribution in [1.82, 2.24) is 4.90 Å². The first-order valence-electron chi connectivity index (χ1n) is 3.81. The topological polar surface area (TPSA) is 3.24 Å². The highest BCUT2D eigenvalue weighted by Crippen LogP contribution is 2.15. The van der Waals surface area contributed by atoms with Gasteiger partial charge in [0.15, 0.2) is 0 Å². The summed E-state index contributed by atoms with van der Waals surface area (Å²) in [6.45, 7) is 8.02. The molecule has 0 amide bonds. The summed E-state index contributed by atoms with van der Waals surface area (Å²) in [5, 5.41) is 0. The van der Waals surface area contributed by atoms with E-state index in [4.69, 9.17) is 0 Å². The zero-order valence-corrected chi connectivity index (χ0v) is 9.60. The normalized spacial score (nSPS) is 12.6. The van der Waals surface area contributed by atoms with Crippen LogP contribution in [0.5, 0.6) is 0 Å². The Morgan fingerprint density at radius 2 is 1.90 bits per heavy atom. The molecule has 0 aliphatic rings. The van der Waals surface area contributed by atoms with Gasteiger partial charge in [-0.05, 0) is 27.3 Å². The zero-order chi connectivity index (χ0) is 8.20. The number of rotatable bonds is 4. The summed E-state index contributed by atoms with van der Waals surface area (Å²) in [5.74, 6) is 0. The van der Waals surface area contributed by atoms with Gasteiger partial charge in [-0.3, -0.25) is 0 Å². The maximum Gasteiger partial charge on any atom is 0.0147 e. The van der Waals surface area contributed by atoms with Crippen LogP contribution >= 0.6 is 22.6 Å². The molecule has 0 aromatic rings. The average molecular weight is 255 g/mol. The Bertz CT molecular complexity index is 91.3.